The van der Waals surface area contributed by atoms with Gasteiger partial charge >= 0.3 is 12.4 Å². The van der Waals surface area contributed by atoms with Gasteiger partial charge in [-0.15, -0.1) is 0 Å². The summed E-state index contributed by atoms with van der Waals surface area (Å²) in [4.78, 5) is 27.6. The Morgan fingerprint density at radius 1 is 0.735 bits per heavy atom. The van der Waals surface area contributed by atoms with E-state index in [1.807, 2.05) is 0 Å². The highest BCUT2D eigenvalue weighted by molar-refractivity contribution is 5.98. The van der Waals surface area contributed by atoms with Crippen LogP contribution in [0.4, 0.5) is 42.1 Å². The summed E-state index contributed by atoms with van der Waals surface area (Å²) in [6, 6.07) is 3.75. The zero-order valence-electron chi connectivity index (χ0n) is 17.4. The van der Waals surface area contributed by atoms with Crippen LogP contribution in [0.1, 0.15) is 38.3 Å². The maximum Gasteiger partial charge on any atom is 0.417 e. The number of hydrogen-bond acceptors (Lipinski definition) is 4. The molecule has 1 fully saturated rings. The van der Waals surface area contributed by atoms with Gasteiger partial charge in [0.15, 0.2) is 0 Å². The lowest BCUT2D eigenvalue weighted by atomic mass is 10.0. The van der Waals surface area contributed by atoms with Gasteiger partial charge in [0, 0.05) is 37.6 Å². The number of carbonyl (C=O) groups excluding carboxylic acids is 2. The largest absolute Gasteiger partial charge is 0.417 e. The Hall–Kier alpha value is -3.51. The molecule has 0 atom stereocenters. The summed E-state index contributed by atoms with van der Waals surface area (Å²) < 4.78 is 94.6. The van der Waals surface area contributed by atoms with Crippen LogP contribution in [0.25, 0.3) is 0 Å². The van der Waals surface area contributed by atoms with E-state index >= 15 is 0 Å². The van der Waals surface area contributed by atoms with Gasteiger partial charge in [0.25, 0.3) is 11.8 Å². The number of anilines is 2. The van der Waals surface area contributed by atoms with Crippen LogP contribution in [-0.4, -0.2) is 47.8 Å². The van der Waals surface area contributed by atoms with Crippen molar-refractivity contribution < 1.29 is 40.3 Å². The normalized spacial score (nSPS) is 15.3. The number of alkyl halides is 6. The highest BCUT2D eigenvalue weighted by Crippen LogP contribution is 2.36. The molecule has 13 heteroatoms. The topological polar surface area (TPSA) is 92.7 Å². The fraction of sp³-hybridized carbons (Fsp3) is 0.333. The Labute approximate surface area is 188 Å². The van der Waals surface area contributed by atoms with Crippen LogP contribution in [0.15, 0.2) is 30.3 Å². The quantitative estimate of drug-likeness (QED) is 0.490. The van der Waals surface area contributed by atoms with Crippen molar-refractivity contribution in [1.82, 2.24) is 9.80 Å². The summed E-state index contributed by atoms with van der Waals surface area (Å²) in [6.45, 7) is -0.801. The molecule has 1 aliphatic rings. The van der Waals surface area contributed by atoms with Crippen LogP contribution in [0.2, 0.25) is 0 Å². The lowest BCUT2D eigenvalue weighted by Gasteiger charge is -2.24. The molecule has 1 saturated heterocycles. The van der Waals surface area contributed by atoms with Crippen molar-refractivity contribution >= 4 is 23.2 Å². The average Bonchev–Trinajstić information content (AvgIpc) is 2.97. The molecule has 0 radical (unpaired) electrons. The van der Waals surface area contributed by atoms with Crippen molar-refractivity contribution in [1.29, 1.82) is 0 Å². The van der Waals surface area contributed by atoms with Gasteiger partial charge in [-0.3, -0.25) is 9.59 Å². The fourth-order valence-corrected chi connectivity index (χ4v) is 3.70. The molecule has 0 aliphatic carbocycles. The minimum Gasteiger partial charge on any atom is -0.399 e. The Morgan fingerprint density at radius 2 is 1.26 bits per heavy atom. The predicted molar refractivity (Wildman–Crippen MR) is 108 cm³/mol. The van der Waals surface area contributed by atoms with E-state index in [0.29, 0.717) is 18.2 Å². The van der Waals surface area contributed by atoms with Crippen LogP contribution in [-0.2, 0) is 12.4 Å². The van der Waals surface area contributed by atoms with Gasteiger partial charge in [-0.1, -0.05) is 0 Å². The summed E-state index contributed by atoms with van der Waals surface area (Å²) in [7, 11) is 0. The third kappa shape index (κ3) is 5.18. The van der Waals surface area contributed by atoms with E-state index < -0.39 is 57.9 Å². The van der Waals surface area contributed by atoms with E-state index in [9.17, 15) is 40.3 Å². The first kappa shape index (κ1) is 25.1. The fourth-order valence-electron chi connectivity index (χ4n) is 3.70. The molecular formula is C21H19F7N4O2. The van der Waals surface area contributed by atoms with Gasteiger partial charge < -0.3 is 21.3 Å². The zero-order valence-corrected chi connectivity index (χ0v) is 17.4. The molecule has 6 nitrogen and oxygen atoms in total. The maximum atomic E-state index is 14.4. The first-order chi connectivity index (χ1) is 15.7. The average molecular weight is 492 g/mol. The van der Waals surface area contributed by atoms with Gasteiger partial charge in [-0.25, -0.2) is 4.39 Å². The van der Waals surface area contributed by atoms with E-state index in [2.05, 4.69) is 0 Å². The van der Waals surface area contributed by atoms with Gasteiger partial charge in [0.05, 0.1) is 22.3 Å². The van der Waals surface area contributed by atoms with Crippen molar-refractivity contribution in [2.45, 2.75) is 18.8 Å². The van der Waals surface area contributed by atoms with Crippen LogP contribution >= 0.6 is 0 Å². The van der Waals surface area contributed by atoms with Crippen molar-refractivity contribution in [3.8, 4) is 0 Å². The van der Waals surface area contributed by atoms with E-state index in [-0.39, 0.29) is 38.3 Å². The number of amides is 2. The SMILES string of the molecule is Nc1ccc(C(=O)N2CCCN(C(=O)c3c(F)cc(N)cc3C(F)(F)F)CC2)c(C(F)(F)F)c1. The number of nitrogens with two attached hydrogens (primary N) is 2. The molecule has 0 spiro atoms. The number of carbonyl (C=O) groups is 2. The molecule has 2 amide bonds. The van der Waals surface area contributed by atoms with Crippen molar-refractivity contribution in [3.63, 3.8) is 0 Å². The minimum atomic E-state index is -5.06. The molecule has 0 bridgehead atoms. The monoisotopic (exact) mass is 492 g/mol. The molecule has 34 heavy (non-hydrogen) atoms. The number of rotatable bonds is 2. The lowest BCUT2D eigenvalue weighted by Crippen LogP contribution is -2.38. The van der Waals surface area contributed by atoms with Crippen molar-refractivity contribution in [2.75, 3.05) is 37.6 Å². The molecule has 2 aromatic carbocycles. The number of nitrogens with zero attached hydrogens (tertiary/aromatic N) is 2. The summed E-state index contributed by atoms with van der Waals surface area (Å²) >= 11 is 0. The summed E-state index contributed by atoms with van der Waals surface area (Å²) in [5, 5.41) is 0. The highest BCUT2D eigenvalue weighted by Gasteiger charge is 2.40. The Bertz CT molecular complexity index is 1120. The second-order valence-corrected chi connectivity index (χ2v) is 7.66. The lowest BCUT2D eigenvalue weighted by molar-refractivity contribution is -0.138. The minimum absolute atomic E-state index is 0.0474. The molecule has 184 valence electrons. The predicted octanol–water partition coefficient (Wildman–Crippen LogP) is 4.02. The highest BCUT2D eigenvalue weighted by atomic mass is 19.4. The van der Waals surface area contributed by atoms with E-state index in [1.54, 1.807) is 0 Å². The summed E-state index contributed by atoms with van der Waals surface area (Å²) in [6.07, 6.45) is -9.86. The summed E-state index contributed by atoms with van der Waals surface area (Å²) in [5.41, 5.74) is 5.37. The molecule has 2 aromatic rings. The third-order valence-corrected chi connectivity index (χ3v) is 5.28. The van der Waals surface area contributed by atoms with Crippen molar-refractivity contribution in [2.24, 2.45) is 0 Å². The number of nitrogen functional groups attached to an aromatic ring is 2. The Kier molecular flexibility index (Phi) is 6.67. The molecular weight excluding hydrogens is 473 g/mol. The molecule has 4 N–H and O–H groups in total. The van der Waals surface area contributed by atoms with Crippen LogP contribution in [0.5, 0.6) is 0 Å². The first-order valence-corrected chi connectivity index (χ1v) is 9.91. The first-order valence-electron chi connectivity index (χ1n) is 9.91. The van der Waals surface area contributed by atoms with Crippen LogP contribution in [0, 0.1) is 5.82 Å². The van der Waals surface area contributed by atoms with Gasteiger partial charge in [0.1, 0.15) is 5.82 Å². The molecule has 0 saturated carbocycles. The molecule has 0 aromatic heterocycles. The number of halogens is 7. The summed E-state index contributed by atoms with van der Waals surface area (Å²) in [5.74, 6) is -3.69. The van der Waals surface area contributed by atoms with E-state index in [1.165, 1.54) is 0 Å². The van der Waals surface area contributed by atoms with Crippen LogP contribution < -0.4 is 11.5 Å². The molecule has 3 rings (SSSR count). The standard InChI is InChI=1S/C21H19F7N4O2/c22-16-10-12(30)9-15(21(26,27)28)17(16)19(34)32-5-1-4-31(6-7-32)18(33)13-3-2-11(29)8-14(13)20(23,24)25/h2-3,8-10H,1,4-7,29-30H2. The zero-order chi connectivity index (χ0) is 25.4. The third-order valence-electron chi connectivity index (χ3n) is 5.28. The Balaban J connectivity index is 1.85. The van der Waals surface area contributed by atoms with Gasteiger partial charge in [-0.2, -0.15) is 26.3 Å². The molecule has 1 aliphatic heterocycles. The number of benzene rings is 2. The smallest absolute Gasteiger partial charge is 0.399 e. The van der Waals surface area contributed by atoms with Crippen LogP contribution in [0.3, 0.4) is 0 Å². The van der Waals surface area contributed by atoms with E-state index in [0.717, 1.165) is 21.9 Å². The maximum absolute atomic E-state index is 14.4. The second kappa shape index (κ2) is 9.03. The molecule has 0 unspecified atom stereocenters. The Morgan fingerprint density at radius 3 is 1.82 bits per heavy atom. The number of hydrogen-bond donors (Lipinski definition) is 2. The van der Waals surface area contributed by atoms with Gasteiger partial charge in [0.2, 0.25) is 0 Å². The van der Waals surface area contributed by atoms with E-state index in [4.69, 9.17) is 11.5 Å². The van der Waals surface area contributed by atoms with Crippen molar-refractivity contribution in [3.05, 3.63) is 58.4 Å². The second-order valence-electron chi connectivity index (χ2n) is 7.66. The molecule has 1 heterocycles. The van der Waals surface area contributed by atoms with Gasteiger partial charge in [-0.05, 0) is 36.8 Å².